The molecular weight excluding hydrogens is 288 g/mol. The Balaban J connectivity index is 2.03. The van der Waals surface area contributed by atoms with Crippen LogP contribution in [0, 0.1) is 0 Å². The number of nitrogens with one attached hydrogen (secondary N) is 1. The van der Waals surface area contributed by atoms with Crippen molar-refractivity contribution in [2.75, 3.05) is 0 Å². The second kappa shape index (κ2) is 6.63. The summed E-state index contributed by atoms with van der Waals surface area (Å²) in [6.45, 7) is 2.51. The molecule has 3 nitrogen and oxygen atoms in total. The van der Waals surface area contributed by atoms with E-state index >= 15 is 0 Å². The van der Waals surface area contributed by atoms with Gasteiger partial charge in [-0.1, -0.05) is 37.3 Å². The maximum atomic E-state index is 12.1. The third kappa shape index (κ3) is 3.43. The van der Waals surface area contributed by atoms with E-state index in [0.29, 0.717) is 11.5 Å². The molecule has 0 bridgehead atoms. The number of amides is 1. The Bertz CT molecular complexity index is 634. The zero-order valence-electron chi connectivity index (χ0n) is 11.2. The molecule has 0 saturated carbocycles. The molecule has 5 heteroatoms. The van der Waals surface area contributed by atoms with Gasteiger partial charge in [0.05, 0.1) is 4.88 Å². The number of rotatable bonds is 5. The molecule has 1 amide bonds. The van der Waals surface area contributed by atoms with Gasteiger partial charge in [0.1, 0.15) is 4.99 Å². The van der Waals surface area contributed by atoms with Crippen molar-refractivity contribution in [3.8, 4) is 0 Å². The van der Waals surface area contributed by atoms with Gasteiger partial charge in [-0.3, -0.25) is 4.79 Å². The van der Waals surface area contributed by atoms with Crippen molar-refractivity contribution >= 4 is 34.5 Å². The third-order valence-electron chi connectivity index (χ3n) is 3.00. The maximum absolute atomic E-state index is 12.1. The summed E-state index contributed by atoms with van der Waals surface area (Å²) in [6.07, 6.45) is 0.864. The van der Waals surface area contributed by atoms with Crippen LogP contribution in [0.1, 0.15) is 33.3 Å². The number of aryl methyl sites for hydroxylation is 1. The van der Waals surface area contributed by atoms with Gasteiger partial charge < -0.3 is 11.1 Å². The number of carbonyl (C=O) groups excluding carboxylic acids is 1. The molecule has 0 unspecified atom stereocenters. The molecule has 2 aromatic rings. The Hall–Kier alpha value is -1.72. The van der Waals surface area contributed by atoms with Gasteiger partial charge in [0, 0.05) is 12.1 Å². The summed E-state index contributed by atoms with van der Waals surface area (Å²) < 4.78 is 0. The van der Waals surface area contributed by atoms with Crippen LogP contribution >= 0.6 is 23.6 Å². The Morgan fingerprint density at radius 3 is 2.90 bits per heavy atom. The van der Waals surface area contributed by atoms with E-state index in [4.69, 9.17) is 18.0 Å². The van der Waals surface area contributed by atoms with Gasteiger partial charge in [0.25, 0.3) is 5.91 Å². The van der Waals surface area contributed by atoms with Crippen molar-refractivity contribution in [2.45, 2.75) is 19.9 Å². The molecule has 2 rings (SSSR count). The monoisotopic (exact) mass is 304 g/mol. The lowest BCUT2D eigenvalue weighted by Crippen LogP contribution is -2.23. The number of hydrogen-bond donors (Lipinski definition) is 2. The van der Waals surface area contributed by atoms with Crippen LogP contribution in [-0.4, -0.2) is 10.9 Å². The summed E-state index contributed by atoms with van der Waals surface area (Å²) in [6, 6.07) is 9.59. The first-order chi connectivity index (χ1) is 9.61. The fourth-order valence-electron chi connectivity index (χ4n) is 1.91. The fourth-order valence-corrected chi connectivity index (χ4v) is 2.95. The first kappa shape index (κ1) is 14.7. The van der Waals surface area contributed by atoms with E-state index < -0.39 is 0 Å². The zero-order chi connectivity index (χ0) is 14.5. The Kier molecular flexibility index (Phi) is 4.87. The average Bonchev–Trinajstić information content (AvgIpc) is 2.93. The standard InChI is InChI=1S/C15H16N2OS2/c1-2-11-6-7-20-13(11)15(18)17-9-10-4-3-5-12(8-10)14(16)19/h3-8H,2,9H2,1H3,(H2,16,19)(H,17,18). The average molecular weight is 304 g/mol. The molecule has 1 aromatic heterocycles. The summed E-state index contributed by atoms with van der Waals surface area (Å²) in [5.74, 6) is -0.0300. The lowest BCUT2D eigenvalue weighted by atomic mass is 10.1. The van der Waals surface area contributed by atoms with Crippen LogP contribution in [0.25, 0.3) is 0 Å². The molecular formula is C15H16N2OS2. The summed E-state index contributed by atoms with van der Waals surface area (Å²) in [4.78, 5) is 13.3. The van der Waals surface area contributed by atoms with Crippen LogP contribution in [0.3, 0.4) is 0 Å². The molecule has 0 atom stereocenters. The van der Waals surface area contributed by atoms with Gasteiger partial charge >= 0.3 is 0 Å². The van der Waals surface area contributed by atoms with E-state index in [1.165, 1.54) is 11.3 Å². The molecule has 1 aromatic carbocycles. The first-order valence-corrected chi connectivity index (χ1v) is 7.64. The number of hydrogen-bond acceptors (Lipinski definition) is 3. The second-order valence-electron chi connectivity index (χ2n) is 4.38. The molecule has 20 heavy (non-hydrogen) atoms. The fraction of sp³-hybridized carbons (Fsp3) is 0.200. The van der Waals surface area contributed by atoms with Gasteiger partial charge in [-0.2, -0.15) is 0 Å². The largest absolute Gasteiger partial charge is 0.389 e. The number of thiocarbonyl (C=S) groups is 1. The molecule has 0 aliphatic carbocycles. The highest BCUT2D eigenvalue weighted by Crippen LogP contribution is 2.17. The molecule has 0 aliphatic rings. The van der Waals surface area contributed by atoms with Crippen LogP contribution in [0.4, 0.5) is 0 Å². The SMILES string of the molecule is CCc1ccsc1C(=O)NCc1cccc(C(N)=S)c1. The highest BCUT2D eigenvalue weighted by Gasteiger charge is 2.11. The number of carbonyl (C=O) groups is 1. The van der Waals surface area contributed by atoms with Crippen molar-refractivity contribution in [2.24, 2.45) is 5.73 Å². The van der Waals surface area contributed by atoms with Gasteiger partial charge in [-0.05, 0) is 35.1 Å². The van der Waals surface area contributed by atoms with Gasteiger partial charge in [-0.25, -0.2) is 0 Å². The van der Waals surface area contributed by atoms with Crippen LogP contribution in [-0.2, 0) is 13.0 Å². The molecule has 0 saturated heterocycles. The molecule has 0 aliphatic heterocycles. The van der Waals surface area contributed by atoms with Crippen LogP contribution in [0.2, 0.25) is 0 Å². The zero-order valence-corrected chi connectivity index (χ0v) is 12.8. The van der Waals surface area contributed by atoms with E-state index in [1.807, 2.05) is 42.6 Å². The highest BCUT2D eigenvalue weighted by atomic mass is 32.1. The maximum Gasteiger partial charge on any atom is 0.261 e. The second-order valence-corrected chi connectivity index (χ2v) is 5.73. The van der Waals surface area contributed by atoms with Crippen LogP contribution < -0.4 is 11.1 Å². The van der Waals surface area contributed by atoms with Crippen molar-refractivity contribution < 1.29 is 4.79 Å². The quantitative estimate of drug-likeness (QED) is 0.835. The predicted octanol–water partition coefficient (Wildman–Crippen LogP) is 2.87. The Labute approximate surface area is 127 Å². The number of benzene rings is 1. The Morgan fingerprint density at radius 1 is 1.40 bits per heavy atom. The van der Waals surface area contributed by atoms with E-state index in [1.54, 1.807) is 0 Å². The minimum atomic E-state index is -0.0300. The van der Waals surface area contributed by atoms with Crippen molar-refractivity contribution in [1.82, 2.24) is 5.32 Å². The number of thiophene rings is 1. The minimum Gasteiger partial charge on any atom is -0.389 e. The summed E-state index contributed by atoms with van der Waals surface area (Å²) in [5.41, 5.74) is 8.49. The topological polar surface area (TPSA) is 55.1 Å². The van der Waals surface area contributed by atoms with Gasteiger partial charge in [0.15, 0.2) is 0 Å². The molecule has 104 valence electrons. The molecule has 0 spiro atoms. The van der Waals surface area contributed by atoms with E-state index in [9.17, 15) is 4.79 Å². The van der Waals surface area contributed by atoms with E-state index in [0.717, 1.165) is 28.0 Å². The molecule has 1 heterocycles. The predicted molar refractivity (Wildman–Crippen MR) is 87.2 cm³/mol. The van der Waals surface area contributed by atoms with Crippen LogP contribution in [0.5, 0.6) is 0 Å². The van der Waals surface area contributed by atoms with Crippen molar-refractivity contribution in [1.29, 1.82) is 0 Å². The van der Waals surface area contributed by atoms with Crippen LogP contribution in [0.15, 0.2) is 35.7 Å². The van der Waals surface area contributed by atoms with Gasteiger partial charge in [-0.15, -0.1) is 11.3 Å². The van der Waals surface area contributed by atoms with Crippen molar-refractivity contribution in [3.05, 3.63) is 57.3 Å². The lowest BCUT2D eigenvalue weighted by molar-refractivity contribution is 0.0954. The van der Waals surface area contributed by atoms with E-state index in [2.05, 4.69) is 5.32 Å². The summed E-state index contributed by atoms with van der Waals surface area (Å²) in [5, 5.41) is 4.88. The molecule has 0 fully saturated rings. The van der Waals surface area contributed by atoms with E-state index in [-0.39, 0.29) is 5.91 Å². The first-order valence-electron chi connectivity index (χ1n) is 6.35. The molecule has 0 radical (unpaired) electrons. The Morgan fingerprint density at radius 2 is 2.20 bits per heavy atom. The number of nitrogens with two attached hydrogens (primary N) is 1. The minimum absolute atomic E-state index is 0.0300. The molecule has 3 N–H and O–H groups in total. The van der Waals surface area contributed by atoms with Gasteiger partial charge in [0.2, 0.25) is 0 Å². The lowest BCUT2D eigenvalue weighted by Gasteiger charge is -2.07. The normalized spacial score (nSPS) is 10.2. The summed E-state index contributed by atoms with van der Waals surface area (Å²) >= 11 is 6.42. The third-order valence-corrected chi connectivity index (χ3v) is 4.19. The summed E-state index contributed by atoms with van der Waals surface area (Å²) in [7, 11) is 0. The van der Waals surface area contributed by atoms with Crippen molar-refractivity contribution in [3.63, 3.8) is 0 Å². The smallest absolute Gasteiger partial charge is 0.261 e. The highest BCUT2D eigenvalue weighted by molar-refractivity contribution is 7.80.